The maximum Gasteiger partial charge on any atom is 0.417 e. The highest BCUT2D eigenvalue weighted by molar-refractivity contribution is 6.30. The lowest BCUT2D eigenvalue weighted by molar-refractivity contribution is -0.137. The number of aromatic nitrogens is 1. The molecule has 8 heteroatoms. The summed E-state index contributed by atoms with van der Waals surface area (Å²) in [6, 6.07) is 9.72. The second kappa shape index (κ2) is 8.17. The Balaban J connectivity index is 1.50. The monoisotopic (exact) mass is 397 g/mol. The van der Waals surface area contributed by atoms with Crippen LogP contribution in [0.25, 0.3) is 0 Å². The number of alkyl halides is 3. The average molecular weight is 398 g/mol. The van der Waals surface area contributed by atoms with E-state index in [2.05, 4.69) is 10.3 Å². The molecular formula is C19H19ClF3N3O. The van der Waals surface area contributed by atoms with E-state index >= 15 is 0 Å². The molecule has 0 bridgehead atoms. The topological polar surface area (TPSA) is 45.2 Å². The Hall–Kier alpha value is -2.28. The molecule has 2 heterocycles. The maximum absolute atomic E-state index is 12.6. The molecule has 0 unspecified atom stereocenters. The highest BCUT2D eigenvalue weighted by Gasteiger charge is 2.31. The lowest BCUT2D eigenvalue weighted by Gasteiger charge is -2.32. The third kappa shape index (κ3) is 5.13. The van der Waals surface area contributed by atoms with Crippen LogP contribution >= 0.6 is 11.6 Å². The van der Waals surface area contributed by atoms with Crippen molar-refractivity contribution >= 4 is 23.3 Å². The van der Waals surface area contributed by atoms with E-state index in [1.54, 1.807) is 12.1 Å². The van der Waals surface area contributed by atoms with E-state index in [0.717, 1.165) is 17.8 Å². The largest absolute Gasteiger partial charge is 0.417 e. The first-order valence-corrected chi connectivity index (χ1v) is 9.01. The number of rotatable bonds is 4. The summed E-state index contributed by atoms with van der Waals surface area (Å²) in [7, 11) is 0. The standard InChI is InChI=1S/C19H19ClF3N3O/c20-16-3-1-2-13(10-16)11-25-18(27)14-6-8-26(9-7-14)17-5-4-15(12-24-17)19(21,22)23/h1-5,10,12,14H,6-9,11H2,(H,25,27). The van der Waals surface area contributed by atoms with E-state index in [1.807, 2.05) is 17.0 Å². The van der Waals surface area contributed by atoms with Gasteiger partial charge >= 0.3 is 6.18 Å². The van der Waals surface area contributed by atoms with Gasteiger partial charge in [-0.1, -0.05) is 23.7 Å². The van der Waals surface area contributed by atoms with Crippen LogP contribution in [0.1, 0.15) is 24.0 Å². The molecule has 1 fully saturated rings. The van der Waals surface area contributed by atoms with Crippen LogP contribution in [0.15, 0.2) is 42.6 Å². The smallest absolute Gasteiger partial charge is 0.357 e. The number of carbonyl (C=O) groups is 1. The van der Waals surface area contributed by atoms with Crippen molar-refractivity contribution in [3.63, 3.8) is 0 Å². The molecule has 0 radical (unpaired) electrons. The summed E-state index contributed by atoms with van der Waals surface area (Å²) in [4.78, 5) is 18.2. The van der Waals surface area contributed by atoms with E-state index in [9.17, 15) is 18.0 Å². The van der Waals surface area contributed by atoms with Crippen molar-refractivity contribution in [1.82, 2.24) is 10.3 Å². The molecule has 1 saturated heterocycles. The molecule has 3 rings (SSSR count). The van der Waals surface area contributed by atoms with E-state index in [-0.39, 0.29) is 11.8 Å². The fourth-order valence-corrected chi connectivity index (χ4v) is 3.30. The van der Waals surface area contributed by atoms with Crippen molar-refractivity contribution in [1.29, 1.82) is 0 Å². The minimum atomic E-state index is -4.39. The highest BCUT2D eigenvalue weighted by Crippen LogP contribution is 2.30. The third-order valence-corrected chi connectivity index (χ3v) is 4.86. The average Bonchev–Trinajstić information content (AvgIpc) is 2.66. The van der Waals surface area contributed by atoms with Gasteiger partial charge in [-0.3, -0.25) is 4.79 Å². The van der Waals surface area contributed by atoms with Gasteiger partial charge in [-0.05, 0) is 42.7 Å². The number of anilines is 1. The van der Waals surface area contributed by atoms with Gasteiger partial charge in [-0.2, -0.15) is 13.2 Å². The van der Waals surface area contributed by atoms with Crippen molar-refractivity contribution < 1.29 is 18.0 Å². The first-order chi connectivity index (χ1) is 12.8. The van der Waals surface area contributed by atoms with Crippen molar-refractivity contribution in [3.8, 4) is 0 Å². The SMILES string of the molecule is O=C(NCc1cccc(Cl)c1)C1CCN(c2ccc(C(F)(F)F)cn2)CC1. The second-order valence-corrected chi connectivity index (χ2v) is 6.95. The fourth-order valence-electron chi connectivity index (χ4n) is 3.09. The zero-order chi connectivity index (χ0) is 19.4. The van der Waals surface area contributed by atoms with Crippen LogP contribution in [0.5, 0.6) is 0 Å². The normalized spacial score (nSPS) is 15.6. The summed E-state index contributed by atoms with van der Waals surface area (Å²) in [6.07, 6.45) is -2.28. The summed E-state index contributed by atoms with van der Waals surface area (Å²) >= 11 is 5.93. The molecule has 1 aromatic heterocycles. The van der Waals surface area contributed by atoms with E-state index < -0.39 is 11.7 Å². The Bertz CT molecular complexity index is 788. The number of carbonyl (C=O) groups excluding carboxylic acids is 1. The summed E-state index contributed by atoms with van der Waals surface area (Å²) < 4.78 is 37.8. The number of benzene rings is 1. The molecule has 1 aliphatic rings. The molecule has 0 saturated carbocycles. The molecular weight excluding hydrogens is 379 g/mol. The van der Waals surface area contributed by atoms with Crippen molar-refractivity contribution in [2.75, 3.05) is 18.0 Å². The van der Waals surface area contributed by atoms with Crippen LogP contribution < -0.4 is 10.2 Å². The summed E-state index contributed by atoms with van der Waals surface area (Å²) in [5.41, 5.74) is 0.170. The number of nitrogens with one attached hydrogen (secondary N) is 1. The molecule has 1 N–H and O–H groups in total. The predicted molar refractivity (Wildman–Crippen MR) is 97.5 cm³/mol. The van der Waals surface area contributed by atoms with Gasteiger partial charge in [0.15, 0.2) is 0 Å². The van der Waals surface area contributed by atoms with E-state index in [1.165, 1.54) is 6.07 Å². The molecule has 1 aliphatic heterocycles. The van der Waals surface area contributed by atoms with Crippen LogP contribution in [-0.4, -0.2) is 24.0 Å². The van der Waals surface area contributed by atoms with Gasteiger partial charge in [0.25, 0.3) is 0 Å². The third-order valence-electron chi connectivity index (χ3n) is 4.62. The molecule has 0 spiro atoms. The second-order valence-electron chi connectivity index (χ2n) is 6.51. The summed E-state index contributed by atoms with van der Waals surface area (Å²) in [6.45, 7) is 1.57. The minimum Gasteiger partial charge on any atom is -0.357 e. The quantitative estimate of drug-likeness (QED) is 0.837. The van der Waals surface area contributed by atoms with E-state index in [0.29, 0.717) is 43.3 Å². The van der Waals surface area contributed by atoms with Crippen LogP contribution in [0.3, 0.4) is 0 Å². The number of piperidine rings is 1. The van der Waals surface area contributed by atoms with Crippen molar-refractivity contribution in [3.05, 3.63) is 58.7 Å². The molecule has 0 aliphatic carbocycles. The van der Waals surface area contributed by atoms with Gasteiger partial charge in [0.2, 0.25) is 5.91 Å². The zero-order valence-corrected chi connectivity index (χ0v) is 15.2. The minimum absolute atomic E-state index is 0.0185. The Labute approximate surface area is 160 Å². The van der Waals surface area contributed by atoms with Gasteiger partial charge in [-0.15, -0.1) is 0 Å². The molecule has 0 atom stereocenters. The lowest BCUT2D eigenvalue weighted by Crippen LogP contribution is -2.40. The molecule has 144 valence electrons. The van der Waals surface area contributed by atoms with E-state index in [4.69, 9.17) is 11.6 Å². The van der Waals surface area contributed by atoms with Gasteiger partial charge in [0.1, 0.15) is 5.82 Å². The van der Waals surface area contributed by atoms with Crippen LogP contribution in [0.4, 0.5) is 19.0 Å². The van der Waals surface area contributed by atoms with Crippen LogP contribution in [-0.2, 0) is 17.5 Å². The zero-order valence-electron chi connectivity index (χ0n) is 14.5. The lowest BCUT2D eigenvalue weighted by atomic mass is 9.95. The summed E-state index contributed by atoms with van der Waals surface area (Å²) in [5.74, 6) is 0.366. The number of hydrogen-bond acceptors (Lipinski definition) is 3. The fraction of sp³-hybridized carbons (Fsp3) is 0.368. The number of halogens is 4. The highest BCUT2D eigenvalue weighted by atomic mass is 35.5. The Kier molecular flexibility index (Phi) is 5.89. The van der Waals surface area contributed by atoms with Crippen LogP contribution in [0, 0.1) is 5.92 Å². The number of hydrogen-bond donors (Lipinski definition) is 1. The molecule has 2 aromatic rings. The predicted octanol–water partition coefficient (Wildman–Crippen LogP) is 4.29. The number of pyridine rings is 1. The van der Waals surface area contributed by atoms with Crippen LogP contribution in [0.2, 0.25) is 5.02 Å². The van der Waals surface area contributed by atoms with Crippen molar-refractivity contribution in [2.45, 2.75) is 25.6 Å². The molecule has 1 aromatic carbocycles. The maximum atomic E-state index is 12.6. The molecule has 4 nitrogen and oxygen atoms in total. The Morgan fingerprint density at radius 1 is 1.22 bits per heavy atom. The van der Waals surface area contributed by atoms with Crippen molar-refractivity contribution in [2.24, 2.45) is 5.92 Å². The molecule has 27 heavy (non-hydrogen) atoms. The van der Waals surface area contributed by atoms with Gasteiger partial charge in [-0.25, -0.2) is 4.98 Å². The summed E-state index contributed by atoms with van der Waals surface area (Å²) in [5, 5.41) is 3.54. The number of amides is 1. The molecule has 1 amide bonds. The Morgan fingerprint density at radius 3 is 2.56 bits per heavy atom. The van der Waals surface area contributed by atoms with Gasteiger partial charge in [0.05, 0.1) is 5.56 Å². The first kappa shape index (κ1) is 19.5. The Morgan fingerprint density at radius 2 is 1.96 bits per heavy atom. The van der Waals surface area contributed by atoms with Gasteiger partial charge in [0, 0.05) is 36.8 Å². The van der Waals surface area contributed by atoms with Gasteiger partial charge < -0.3 is 10.2 Å². The number of nitrogens with zero attached hydrogens (tertiary/aromatic N) is 2. The first-order valence-electron chi connectivity index (χ1n) is 8.63.